The minimum Gasteiger partial charge on any atom is -0.293 e. The number of alkyl halides is 1. The number of hydrogen-bond donors (Lipinski definition) is 1. The number of hydrogen-bond acceptors (Lipinski definition) is 3. The van der Waals surface area contributed by atoms with Gasteiger partial charge in [0, 0.05) is 5.69 Å². The first kappa shape index (κ1) is 13.8. The van der Waals surface area contributed by atoms with Gasteiger partial charge in [-0.05, 0) is 18.6 Å². The molecule has 19 heavy (non-hydrogen) atoms. The van der Waals surface area contributed by atoms with Gasteiger partial charge in [0.25, 0.3) is 0 Å². The zero-order valence-corrected chi connectivity index (χ0v) is 11.6. The Balaban J connectivity index is 2.13. The molecule has 98 valence electrons. The van der Waals surface area contributed by atoms with E-state index in [-0.39, 0.29) is 11.1 Å². The van der Waals surface area contributed by atoms with Crippen LogP contribution in [0.3, 0.4) is 0 Å². The molecule has 1 amide bonds. The number of halogens is 2. The van der Waals surface area contributed by atoms with Gasteiger partial charge in [0.15, 0.2) is 0 Å². The van der Waals surface area contributed by atoms with Gasteiger partial charge in [0.1, 0.15) is 10.5 Å². The summed E-state index contributed by atoms with van der Waals surface area (Å²) < 4.78 is 0. The fraction of sp³-hybridized carbons (Fsp3) is 0.154. The predicted octanol–water partition coefficient (Wildman–Crippen LogP) is 3.36. The molecule has 0 saturated carbocycles. The first-order chi connectivity index (χ1) is 9.06. The largest absolute Gasteiger partial charge is 0.293 e. The lowest BCUT2D eigenvalue weighted by atomic mass is 10.1. The maximum absolute atomic E-state index is 12.0. The Morgan fingerprint density at radius 2 is 1.95 bits per heavy atom. The van der Waals surface area contributed by atoms with E-state index in [4.69, 9.17) is 23.2 Å². The summed E-state index contributed by atoms with van der Waals surface area (Å²) in [5.41, 5.74) is 1.38. The Kier molecular flexibility index (Phi) is 4.35. The first-order valence-electron chi connectivity index (χ1n) is 5.57. The highest BCUT2D eigenvalue weighted by Crippen LogP contribution is 2.21. The molecule has 6 heteroatoms. The third kappa shape index (κ3) is 3.66. The summed E-state index contributed by atoms with van der Waals surface area (Å²) in [6.45, 7) is 1.76. The van der Waals surface area contributed by atoms with E-state index in [2.05, 4.69) is 15.3 Å². The lowest BCUT2D eigenvalue weighted by Crippen LogP contribution is -2.19. The third-order valence-electron chi connectivity index (χ3n) is 2.38. The van der Waals surface area contributed by atoms with Gasteiger partial charge in [-0.1, -0.05) is 41.9 Å². The minimum atomic E-state index is -0.802. The Labute approximate surface area is 120 Å². The molecule has 0 aliphatic carbocycles. The highest BCUT2D eigenvalue weighted by atomic mass is 35.5. The number of carbonyl (C=O) groups excluding carboxylic acids is 1. The Hall–Kier alpha value is -1.65. The topological polar surface area (TPSA) is 54.9 Å². The van der Waals surface area contributed by atoms with E-state index in [0.717, 1.165) is 0 Å². The van der Waals surface area contributed by atoms with Crippen molar-refractivity contribution in [3.05, 3.63) is 52.8 Å². The second-order valence-corrected chi connectivity index (χ2v) is 4.74. The lowest BCUT2D eigenvalue weighted by molar-refractivity contribution is -0.116. The zero-order chi connectivity index (χ0) is 13.8. The van der Waals surface area contributed by atoms with Crippen LogP contribution in [0.5, 0.6) is 0 Å². The molecule has 1 aromatic heterocycles. The standard InChI is InChI=1S/C13H11Cl2N3O/c1-8-7-10(14)17-13(16-8)18-12(19)11(15)9-5-3-2-4-6-9/h2-7,11H,1H3,(H,16,17,18,19). The monoisotopic (exact) mass is 295 g/mol. The van der Waals surface area contributed by atoms with Gasteiger partial charge < -0.3 is 0 Å². The molecule has 2 aromatic rings. The van der Waals surface area contributed by atoms with E-state index >= 15 is 0 Å². The molecule has 0 aliphatic heterocycles. The maximum atomic E-state index is 12.0. The first-order valence-corrected chi connectivity index (χ1v) is 6.39. The van der Waals surface area contributed by atoms with Crippen molar-refractivity contribution in [1.82, 2.24) is 9.97 Å². The van der Waals surface area contributed by atoms with E-state index in [0.29, 0.717) is 11.3 Å². The van der Waals surface area contributed by atoms with Gasteiger partial charge in [-0.2, -0.15) is 0 Å². The zero-order valence-electron chi connectivity index (χ0n) is 10.1. The van der Waals surface area contributed by atoms with Crippen molar-refractivity contribution in [2.24, 2.45) is 0 Å². The smallest absolute Gasteiger partial charge is 0.249 e. The van der Waals surface area contributed by atoms with E-state index in [1.165, 1.54) is 0 Å². The molecule has 0 radical (unpaired) electrons. The Bertz CT molecular complexity index is 569. The highest BCUT2D eigenvalue weighted by Gasteiger charge is 2.18. The normalized spacial score (nSPS) is 11.9. The average Bonchev–Trinajstić information content (AvgIpc) is 2.37. The van der Waals surface area contributed by atoms with Gasteiger partial charge in [0.2, 0.25) is 11.9 Å². The summed E-state index contributed by atoms with van der Waals surface area (Å²) in [5.74, 6) is -0.244. The van der Waals surface area contributed by atoms with Crippen LogP contribution in [0.15, 0.2) is 36.4 Å². The van der Waals surface area contributed by atoms with E-state index < -0.39 is 11.3 Å². The number of benzene rings is 1. The van der Waals surface area contributed by atoms with E-state index in [9.17, 15) is 4.79 Å². The minimum absolute atomic E-state index is 0.150. The molecule has 0 saturated heterocycles. The predicted molar refractivity (Wildman–Crippen MR) is 75.4 cm³/mol. The molecule has 1 aromatic carbocycles. The van der Waals surface area contributed by atoms with Gasteiger partial charge in [0.05, 0.1) is 0 Å². The molecule has 4 nitrogen and oxygen atoms in total. The SMILES string of the molecule is Cc1cc(Cl)nc(NC(=O)C(Cl)c2ccccc2)n1. The summed E-state index contributed by atoms with van der Waals surface area (Å²) in [6.07, 6.45) is 0. The van der Waals surface area contributed by atoms with Crippen molar-refractivity contribution in [1.29, 1.82) is 0 Å². The molecule has 1 N–H and O–H groups in total. The number of nitrogens with zero attached hydrogens (tertiary/aromatic N) is 2. The van der Waals surface area contributed by atoms with Gasteiger partial charge in [-0.15, -0.1) is 11.6 Å². The fourth-order valence-electron chi connectivity index (χ4n) is 1.53. The summed E-state index contributed by atoms with van der Waals surface area (Å²) in [4.78, 5) is 19.9. The fourth-order valence-corrected chi connectivity index (χ4v) is 1.97. The number of nitrogens with one attached hydrogen (secondary N) is 1. The van der Waals surface area contributed by atoms with Gasteiger partial charge in [-0.3, -0.25) is 10.1 Å². The van der Waals surface area contributed by atoms with Crippen LogP contribution in [0.25, 0.3) is 0 Å². The van der Waals surface area contributed by atoms with Crippen LogP contribution in [-0.4, -0.2) is 15.9 Å². The summed E-state index contributed by atoms with van der Waals surface area (Å²) in [6, 6.07) is 10.7. The third-order valence-corrected chi connectivity index (χ3v) is 3.02. The van der Waals surface area contributed by atoms with Gasteiger partial charge >= 0.3 is 0 Å². The van der Waals surface area contributed by atoms with Crippen molar-refractivity contribution in [3.8, 4) is 0 Å². The van der Waals surface area contributed by atoms with Crippen molar-refractivity contribution in [3.63, 3.8) is 0 Å². The average molecular weight is 296 g/mol. The van der Waals surface area contributed by atoms with Gasteiger partial charge in [-0.25, -0.2) is 9.97 Å². The molecule has 0 bridgehead atoms. The molecule has 1 unspecified atom stereocenters. The number of aromatic nitrogens is 2. The van der Waals surface area contributed by atoms with Crippen molar-refractivity contribution in [2.45, 2.75) is 12.3 Å². The van der Waals surface area contributed by atoms with Crippen LogP contribution >= 0.6 is 23.2 Å². The Morgan fingerprint density at radius 1 is 1.26 bits per heavy atom. The van der Waals surface area contributed by atoms with Crippen LogP contribution in [0.2, 0.25) is 5.15 Å². The number of carbonyl (C=O) groups is 1. The molecular weight excluding hydrogens is 285 g/mol. The number of rotatable bonds is 3. The molecule has 1 heterocycles. The molecular formula is C13H11Cl2N3O. The summed E-state index contributed by atoms with van der Waals surface area (Å²) in [7, 11) is 0. The van der Waals surface area contributed by atoms with Crippen molar-refractivity contribution < 1.29 is 4.79 Å². The molecule has 0 spiro atoms. The quantitative estimate of drug-likeness (QED) is 0.698. The molecule has 1 atom stereocenters. The number of amides is 1. The Morgan fingerprint density at radius 3 is 2.58 bits per heavy atom. The second-order valence-electron chi connectivity index (χ2n) is 3.92. The van der Waals surface area contributed by atoms with E-state index in [1.807, 2.05) is 18.2 Å². The molecule has 0 fully saturated rings. The molecule has 0 aliphatic rings. The van der Waals surface area contributed by atoms with E-state index in [1.54, 1.807) is 25.1 Å². The van der Waals surface area contributed by atoms with Crippen LogP contribution in [0, 0.1) is 6.92 Å². The highest BCUT2D eigenvalue weighted by molar-refractivity contribution is 6.32. The number of anilines is 1. The number of aryl methyl sites for hydroxylation is 1. The van der Waals surface area contributed by atoms with Crippen LogP contribution in [0.1, 0.15) is 16.6 Å². The second kappa shape index (κ2) is 5.99. The van der Waals surface area contributed by atoms with Crippen LogP contribution < -0.4 is 5.32 Å². The lowest BCUT2D eigenvalue weighted by Gasteiger charge is -2.10. The van der Waals surface area contributed by atoms with Crippen molar-refractivity contribution >= 4 is 35.1 Å². The summed E-state index contributed by atoms with van der Waals surface area (Å²) >= 11 is 11.9. The van der Waals surface area contributed by atoms with Crippen molar-refractivity contribution in [2.75, 3.05) is 5.32 Å². The maximum Gasteiger partial charge on any atom is 0.249 e. The van der Waals surface area contributed by atoms with Crippen LogP contribution in [-0.2, 0) is 4.79 Å². The van der Waals surface area contributed by atoms with Crippen LogP contribution in [0.4, 0.5) is 5.95 Å². The molecule has 2 rings (SSSR count). The summed E-state index contributed by atoms with van der Waals surface area (Å²) in [5, 5.41) is 2.01.